The van der Waals surface area contributed by atoms with E-state index in [-0.39, 0.29) is 27.3 Å². The van der Waals surface area contributed by atoms with E-state index in [0.717, 1.165) is 25.3 Å². The lowest BCUT2D eigenvalue weighted by atomic mass is 9.92. The molecule has 0 atom stereocenters. The Kier molecular flexibility index (Phi) is 3.52. The molecule has 0 bridgehead atoms. The van der Waals surface area contributed by atoms with E-state index in [1.807, 2.05) is 0 Å². The van der Waals surface area contributed by atoms with E-state index in [2.05, 4.69) is 15.9 Å². The van der Waals surface area contributed by atoms with Crippen LogP contribution in [0.2, 0.25) is 0 Å². The SMILES string of the molecule is CN(C(=O)c1cc(S(N)(=O)=O)c(Br)o1)C1CCC1. The number of hydrogen-bond acceptors (Lipinski definition) is 4. The van der Waals surface area contributed by atoms with Crippen LogP contribution in [0.4, 0.5) is 0 Å². The molecule has 8 heteroatoms. The molecule has 2 rings (SSSR count). The third kappa shape index (κ3) is 2.45. The van der Waals surface area contributed by atoms with Gasteiger partial charge in [0.25, 0.3) is 5.91 Å². The van der Waals surface area contributed by atoms with Crippen molar-refractivity contribution < 1.29 is 17.6 Å². The summed E-state index contributed by atoms with van der Waals surface area (Å²) in [4.78, 5) is 13.4. The summed E-state index contributed by atoms with van der Waals surface area (Å²) in [7, 11) is -2.22. The highest BCUT2D eigenvalue weighted by Crippen LogP contribution is 2.28. The Morgan fingerprint density at radius 3 is 2.56 bits per heavy atom. The largest absolute Gasteiger partial charge is 0.443 e. The van der Waals surface area contributed by atoms with E-state index in [0.29, 0.717) is 0 Å². The minimum atomic E-state index is -3.90. The van der Waals surface area contributed by atoms with E-state index in [4.69, 9.17) is 9.56 Å². The Hall–Kier alpha value is -0.860. The second kappa shape index (κ2) is 4.67. The molecule has 0 aromatic carbocycles. The number of rotatable bonds is 3. The monoisotopic (exact) mass is 336 g/mol. The fourth-order valence-electron chi connectivity index (χ4n) is 1.77. The lowest BCUT2D eigenvalue weighted by Gasteiger charge is -2.34. The number of sulfonamides is 1. The van der Waals surface area contributed by atoms with Gasteiger partial charge in [0.15, 0.2) is 10.4 Å². The zero-order valence-electron chi connectivity index (χ0n) is 9.72. The Balaban J connectivity index is 2.26. The molecule has 1 aromatic heterocycles. The van der Waals surface area contributed by atoms with Crippen LogP contribution in [-0.4, -0.2) is 32.3 Å². The van der Waals surface area contributed by atoms with E-state index in [1.54, 1.807) is 11.9 Å². The van der Waals surface area contributed by atoms with Crippen LogP contribution in [-0.2, 0) is 10.0 Å². The van der Waals surface area contributed by atoms with Gasteiger partial charge in [0, 0.05) is 19.2 Å². The van der Waals surface area contributed by atoms with E-state index < -0.39 is 10.0 Å². The van der Waals surface area contributed by atoms with Crippen molar-refractivity contribution in [2.75, 3.05) is 7.05 Å². The van der Waals surface area contributed by atoms with Gasteiger partial charge in [-0.2, -0.15) is 0 Å². The normalized spacial score (nSPS) is 16.4. The number of furan rings is 1. The van der Waals surface area contributed by atoms with Gasteiger partial charge in [-0.25, -0.2) is 13.6 Å². The number of hydrogen-bond donors (Lipinski definition) is 1. The summed E-state index contributed by atoms with van der Waals surface area (Å²) in [5.41, 5.74) is 0. The average molecular weight is 337 g/mol. The van der Waals surface area contributed by atoms with Crippen molar-refractivity contribution in [2.24, 2.45) is 5.14 Å². The van der Waals surface area contributed by atoms with Crippen LogP contribution in [0.25, 0.3) is 0 Å². The van der Waals surface area contributed by atoms with Gasteiger partial charge in [-0.3, -0.25) is 4.79 Å². The molecule has 1 aliphatic rings. The molecule has 0 unspecified atom stereocenters. The predicted octanol–water partition coefficient (Wildman–Crippen LogP) is 1.31. The fourth-order valence-corrected chi connectivity index (χ4v) is 3.27. The minimum absolute atomic E-state index is 0.0275. The molecule has 1 fully saturated rings. The van der Waals surface area contributed by atoms with Gasteiger partial charge < -0.3 is 9.32 Å². The first-order valence-electron chi connectivity index (χ1n) is 5.40. The quantitative estimate of drug-likeness (QED) is 0.900. The molecule has 0 aliphatic heterocycles. The molecule has 1 saturated carbocycles. The predicted molar refractivity (Wildman–Crippen MR) is 67.5 cm³/mol. The van der Waals surface area contributed by atoms with Gasteiger partial charge in [0.2, 0.25) is 10.0 Å². The summed E-state index contributed by atoms with van der Waals surface area (Å²) in [5, 5.41) is 5.00. The summed E-state index contributed by atoms with van der Waals surface area (Å²) >= 11 is 2.94. The summed E-state index contributed by atoms with van der Waals surface area (Å²) in [6.07, 6.45) is 3.03. The van der Waals surface area contributed by atoms with Gasteiger partial charge in [0.1, 0.15) is 4.90 Å². The molecule has 18 heavy (non-hydrogen) atoms. The summed E-state index contributed by atoms with van der Waals surface area (Å²) < 4.78 is 27.5. The van der Waals surface area contributed by atoms with Gasteiger partial charge in [-0.05, 0) is 35.2 Å². The van der Waals surface area contributed by atoms with Gasteiger partial charge in [-0.15, -0.1) is 0 Å². The van der Waals surface area contributed by atoms with Crippen molar-refractivity contribution in [3.8, 4) is 0 Å². The highest BCUT2D eigenvalue weighted by Gasteiger charge is 2.30. The smallest absolute Gasteiger partial charge is 0.289 e. The van der Waals surface area contributed by atoms with Crippen LogP contribution < -0.4 is 5.14 Å². The average Bonchev–Trinajstić information content (AvgIpc) is 2.55. The van der Waals surface area contributed by atoms with E-state index in [9.17, 15) is 13.2 Å². The van der Waals surface area contributed by atoms with Crippen LogP contribution in [0, 0.1) is 0 Å². The molecular weight excluding hydrogens is 324 g/mol. The maximum atomic E-state index is 12.0. The van der Waals surface area contributed by atoms with Crippen molar-refractivity contribution >= 4 is 31.9 Å². The third-order valence-corrected chi connectivity index (χ3v) is 4.88. The van der Waals surface area contributed by atoms with Crippen LogP contribution >= 0.6 is 15.9 Å². The highest BCUT2D eigenvalue weighted by molar-refractivity contribution is 9.10. The Morgan fingerprint density at radius 2 is 2.17 bits per heavy atom. The number of nitrogens with zero attached hydrogens (tertiary/aromatic N) is 1. The van der Waals surface area contributed by atoms with E-state index >= 15 is 0 Å². The van der Waals surface area contributed by atoms with Crippen molar-refractivity contribution in [2.45, 2.75) is 30.2 Å². The molecule has 1 heterocycles. The first-order chi connectivity index (χ1) is 8.30. The maximum absolute atomic E-state index is 12.0. The van der Waals surface area contributed by atoms with Crippen molar-refractivity contribution in [1.82, 2.24) is 4.90 Å². The third-order valence-electron chi connectivity index (χ3n) is 3.12. The Morgan fingerprint density at radius 1 is 1.56 bits per heavy atom. The number of carbonyl (C=O) groups excluding carboxylic acids is 1. The molecule has 0 spiro atoms. The second-order valence-corrected chi connectivity index (χ2v) is 6.54. The topological polar surface area (TPSA) is 93.6 Å². The molecule has 0 saturated heterocycles. The lowest BCUT2D eigenvalue weighted by Crippen LogP contribution is -2.41. The van der Waals surface area contributed by atoms with Gasteiger partial charge in [0.05, 0.1) is 0 Å². The zero-order chi connectivity index (χ0) is 13.5. The number of amides is 1. The molecule has 100 valence electrons. The first-order valence-corrected chi connectivity index (χ1v) is 7.74. The number of nitrogens with two attached hydrogens (primary N) is 1. The van der Waals surface area contributed by atoms with Crippen molar-refractivity contribution in [3.63, 3.8) is 0 Å². The second-order valence-electron chi connectivity index (χ2n) is 4.29. The Labute approximate surface area is 113 Å². The number of halogens is 1. The lowest BCUT2D eigenvalue weighted by molar-refractivity contribution is 0.0618. The fraction of sp³-hybridized carbons (Fsp3) is 0.500. The number of primary sulfonamides is 1. The van der Waals surface area contributed by atoms with Crippen molar-refractivity contribution in [3.05, 3.63) is 16.5 Å². The Bertz CT molecular complexity index is 577. The van der Waals surface area contributed by atoms with Gasteiger partial charge in [-0.1, -0.05) is 0 Å². The highest BCUT2D eigenvalue weighted by atomic mass is 79.9. The minimum Gasteiger partial charge on any atom is -0.443 e. The summed E-state index contributed by atoms with van der Waals surface area (Å²) in [6.45, 7) is 0. The molecule has 1 aliphatic carbocycles. The van der Waals surface area contributed by atoms with Crippen LogP contribution in [0.1, 0.15) is 29.8 Å². The summed E-state index contributed by atoms with van der Waals surface area (Å²) in [5.74, 6) is -0.365. The summed E-state index contributed by atoms with van der Waals surface area (Å²) in [6, 6.07) is 1.36. The van der Waals surface area contributed by atoms with Crippen LogP contribution in [0.5, 0.6) is 0 Å². The number of carbonyl (C=O) groups is 1. The molecule has 0 radical (unpaired) electrons. The van der Waals surface area contributed by atoms with Crippen LogP contribution in [0.3, 0.4) is 0 Å². The molecule has 2 N–H and O–H groups in total. The molecule has 1 aromatic rings. The standard InChI is InChI=1S/C10H13BrN2O4S/c1-13(6-3-2-4-6)10(14)7-5-8(9(11)17-7)18(12,15)16/h5-6H,2-4H2,1H3,(H2,12,15,16). The first kappa shape index (κ1) is 13.6. The van der Waals surface area contributed by atoms with Crippen LogP contribution in [0.15, 0.2) is 20.0 Å². The van der Waals surface area contributed by atoms with Gasteiger partial charge >= 0.3 is 0 Å². The molecular formula is C10H13BrN2O4S. The zero-order valence-corrected chi connectivity index (χ0v) is 12.1. The molecule has 1 amide bonds. The molecule has 6 nitrogen and oxygen atoms in total. The maximum Gasteiger partial charge on any atom is 0.289 e. The van der Waals surface area contributed by atoms with E-state index in [1.165, 1.54) is 0 Å². The van der Waals surface area contributed by atoms with Crippen molar-refractivity contribution in [1.29, 1.82) is 0 Å².